The number of guanidine groups is 1. The topological polar surface area (TPSA) is 104 Å². The molecule has 1 unspecified atom stereocenters. The van der Waals surface area contributed by atoms with Gasteiger partial charge in [0.15, 0.2) is 0 Å². The van der Waals surface area contributed by atoms with E-state index in [-0.39, 0.29) is 18.4 Å². The van der Waals surface area contributed by atoms with Crippen LogP contribution in [0.25, 0.3) is 10.9 Å². The Morgan fingerprint density at radius 3 is 2.56 bits per heavy atom. The number of nitrogens with zero attached hydrogens (tertiary/aromatic N) is 2. The van der Waals surface area contributed by atoms with E-state index in [9.17, 15) is 9.59 Å². The van der Waals surface area contributed by atoms with Crippen molar-refractivity contribution in [1.82, 2.24) is 15.2 Å². The van der Waals surface area contributed by atoms with Crippen molar-refractivity contribution in [3.63, 3.8) is 0 Å². The third-order valence-electron chi connectivity index (χ3n) is 6.62. The number of hydrogen-bond acceptors (Lipinski definition) is 4. The fraction of sp³-hybridized carbons (Fsp3) is 0.148. The molecule has 0 saturated carbocycles. The highest BCUT2D eigenvalue weighted by Gasteiger charge is 2.44. The Hall–Kier alpha value is -4.39. The van der Waals surface area contributed by atoms with Crippen LogP contribution < -0.4 is 11.1 Å². The summed E-state index contributed by atoms with van der Waals surface area (Å²) >= 11 is 0. The first-order valence-electron chi connectivity index (χ1n) is 11.3. The first-order chi connectivity index (χ1) is 16.6. The van der Waals surface area contributed by atoms with Gasteiger partial charge in [-0.25, -0.2) is 4.99 Å². The summed E-state index contributed by atoms with van der Waals surface area (Å²) in [6, 6.07) is 24.4. The molecule has 0 bridgehead atoms. The van der Waals surface area contributed by atoms with Gasteiger partial charge >= 0.3 is 0 Å². The summed E-state index contributed by atoms with van der Waals surface area (Å²) in [4.78, 5) is 35.9. The highest BCUT2D eigenvalue weighted by molar-refractivity contribution is 6.03. The summed E-state index contributed by atoms with van der Waals surface area (Å²) in [6.45, 7) is 0. The number of benzene rings is 3. The van der Waals surface area contributed by atoms with E-state index in [1.165, 1.54) is 0 Å². The first kappa shape index (κ1) is 20.2. The van der Waals surface area contributed by atoms with Gasteiger partial charge in [0.25, 0.3) is 0 Å². The molecule has 2 aliphatic rings. The van der Waals surface area contributed by atoms with Crippen molar-refractivity contribution in [2.75, 3.05) is 0 Å². The number of aromatic nitrogens is 1. The van der Waals surface area contributed by atoms with Gasteiger partial charge in [-0.1, -0.05) is 66.7 Å². The Labute approximate surface area is 196 Å². The lowest BCUT2D eigenvalue weighted by atomic mass is 9.86. The first-order valence-corrected chi connectivity index (χ1v) is 11.3. The maximum absolute atomic E-state index is 13.0. The molecule has 6 rings (SSSR count). The number of para-hydroxylation sites is 2. The van der Waals surface area contributed by atoms with Crippen LogP contribution in [0, 0.1) is 0 Å². The summed E-state index contributed by atoms with van der Waals surface area (Å²) < 4.78 is 0. The molecular weight excluding hydrogens is 426 g/mol. The second kappa shape index (κ2) is 7.88. The summed E-state index contributed by atoms with van der Waals surface area (Å²) in [5.74, 6) is -0.309. The zero-order valence-corrected chi connectivity index (χ0v) is 18.4. The monoisotopic (exact) mass is 449 g/mol. The highest BCUT2D eigenvalue weighted by atomic mass is 16.2. The van der Waals surface area contributed by atoms with E-state index in [0.717, 1.165) is 39.0 Å². The number of carbonyl (C=O) groups excluding carboxylic acids is 2. The molecule has 7 heteroatoms. The molecular formula is C27H23N5O2. The molecule has 3 aromatic carbocycles. The lowest BCUT2D eigenvalue weighted by Crippen LogP contribution is -2.58. The number of hydrogen-bond donors (Lipinski definition) is 3. The standard InChI is InChI=1S/C27H23N5O2/c28-26(34)22-15-19-17-10-4-6-12-20(17)29-24(19)25-18-11-5-7-13-21(18)30-27(32(22)25)31-23(33)14-16-8-2-1-3-9-16/h1-13,22,25,29H,14-15H2,(H2,28,34)(H,30,31,33)/t22-,25?/m0/s1. The fourth-order valence-corrected chi connectivity index (χ4v) is 5.13. The van der Waals surface area contributed by atoms with Gasteiger partial charge in [0, 0.05) is 28.6 Å². The Morgan fingerprint density at radius 2 is 1.74 bits per heavy atom. The predicted octanol–water partition coefficient (Wildman–Crippen LogP) is 3.33. The van der Waals surface area contributed by atoms with E-state index in [4.69, 9.17) is 10.7 Å². The predicted molar refractivity (Wildman–Crippen MR) is 130 cm³/mol. The number of nitrogens with one attached hydrogen (secondary N) is 2. The minimum absolute atomic E-state index is 0.200. The molecule has 0 saturated heterocycles. The molecule has 168 valence electrons. The van der Waals surface area contributed by atoms with E-state index >= 15 is 0 Å². The fourth-order valence-electron chi connectivity index (χ4n) is 5.13. The van der Waals surface area contributed by atoms with Gasteiger partial charge in [0.2, 0.25) is 17.8 Å². The molecule has 0 spiro atoms. The number of aromatic amines is 1. The lowest BCUT2D eigenvalue weighted by Gasteiger charge is -2.44. The Kier molecular flexibility index (Phi) is 4.69. The molecule has 7 nitrogen and oxygen atoms in total. The van der Waals surface area contributed by atoms with Crippen LogP contribution in [0.4, 0.5) is 5.69 Å². The van der Waals surface area contributed by atoms with E-state index in [2.05, 4.69) is 16.4 Å². The summed E-state index contributed by atoms with van der Waals surface area (Å²) in [6.07, 6.45) is 0.639. The Morgan fingerprint density at radius 1 is 1.00 bits per heavy atom. The number of nitrogens with two attached hydrogens (primary N) is 1. The van der Waals surface area contributed by atoms with Crippen molar-refractivity contribution < 1.29 is 9.59 Å². The molecule has 2 amide bonds. The third kappa shape index (κ3) is 3.25. The van der Waals surface area contributed by atoms with Gasteiger partial charge in [-0.05, 0) is 23.3 Å². The SMILES string of the molecule is NC(=O)[C@@H]1Cc2c([nH]c3ccccc23)C2c3ccccc3N=C(NC(=O)Cc3ccccc3)N21. The molecule has 1 aromatic heterocycles. The summed E-state index contributed by atoms with van der Waals surface area (Å²) in [7, 11) is 0. The van der Waals surface area contributed by atoms with Crippen molar-refractivity contribution in [3.05, 3.63) is 101 Å². The molecule has 4 aromatic rings. The summed E-state index contributed by atoms with van der Waals surface area (Å²) in [5.41, 5.74) is 11.6. The normalized spacial score (nSPS) is 18.5. The average molecular weight is 450 g/mol. The van der Waals surface area contributed by atoms with Crippen LogP contribution in [0.2, 0.25) is 0 Å². The number of amides is 2. The quantitative estimate of drug-likeness (QED) is 0.447. The van der Waals surface area contributed by atoms with Gasteiger partial charge in [-0.3, -0.25) is 14.9 Å². The molecule has 2 atom stereocenters. The van der Waals surface area contributed by atoms with Gasteiger partial charge in [0.1, 0.15) is 12.1 Å². The molecule has 4 N–H and O–H groups in total. The van der Waals surface area contributed by atoms with E-state index in [0.29, 0.717) is 12.4 Å². The van der Waals surface area contributed by atoms with Crippen molar-refractivity contribution in [2.24, 2.45) is 10.7 Å². The van der Waals surface area contributed by atoms with Gasteiger partial charge in [0.05, 0.1) is 12.1 Å². The number of carbonyl (C=O) groups is 2. The smallest absolute Gasteiger partial charge is 0.240 e. The van der Waals surface area contributed by atoms with Crippen molar-refractivity contribution in [1.29, 1.82) is 0 Å². The number of aliphatic imine (C=N–C) groups is 1. The third-order valence-corrected chi connectivity index (χ3v) is 6.62. The van der Waals surface area contributed by atoms with Crippen LogP contribution in [0.3, 0.4) is 0 Å². The van der Waals surface area contributed by atoms with Crippen molar-refractivity contribution in [2.45, 2.75) is 24.9 Å². The zero-order chi connectivity index (χ0) is 23.2. The maximum atomic E-state index is 13.0. The van der Waals surface area contributed by atoms with Crippen LogP contribution in [0.1, 0.15) is 28.4 Å². The van der Waals surface area contributed by atoms with Crippen molar-refractivity contribution in [3.8, 4) is 0 Å². The molecule has 3 heterocycles. The second-order valence-electron chi connectivity index (χ2n) is 8.70. The highest BCUT2D eigenvalue weighted by Crippen LogP contribution is 2.45. The van der Waals surface area contributed by atoms with Crippen LogP contribution in [-0.4, -0.2) is 33.7 Å². The largest absolute Gasteiger partial charge is 0.368 e. The number of rotatable bonds is 3. The van der Waals surface area contributed by atoms with Crippen LogP contribution in [0.15, 0.2) is 83.9 Å². The molecule has 0 fully saturated rings. The Balaban J connectivity index is 1.47. The summed E-state index contributed by atoms with van der Waals surface area (Å²) in [5, 5.41) is 4.05. The molecule has 2 aliphatic heterocycles. The number of primary amides is 1. The van der Waals surface area contributed by atoms with Gasteiger partial charge in [-0.15, -0.1) is 0 Å². The van der Waals surface area contributed by atoms with Gasteiger partial charge in [-0.2, -0.15) is 0 Å². The minimum atomic E-state index is -0.652. The maximum Gasteiger partial charge on any atom is 0.240 e. The lowest BCUT2D eigenvalue weighted by molar-refractivity contribution is -0.123. The van der Waals surface area contributed by atoms with Crippen molar-refractivity contribution >= 4 is 34.4 Å². The van der Waals surface area contributed by atoms with E-state index in [1.807, 2.05) is 77.7 Å². The second-order valence-corrected chi connectivity index (χ2v) is 8.70. The number of fused-ring (bicyclic) bond motifs is 7. The van der Waals surface area contributed by atoms with E-state index in [1.54, 1.807) is 0 Å². The molecule has 34 heavy (non-hydrogen) atoms. The Bertz CT molecular complexity index is 1460. The van der Waals surface area contributed by atoms with Crippen LogP contribution in [0.5, 0.6) is 0 Å². The number of H-pyrrole nitrogens is 1. The van der Waals surface area contributed by atoms with Crippen LogP contribution >= 0.6 is 0 Å². The van der Waals surface area contributed by atoms with Crippen LogP contribution in [-0.2, 0) is 22.4 Å². The molecule has 0 radical (unpaired) electrons. The molecule has 0 aliphatic carbocycles. The van der Waals surface area contributed by atoms with Gasteiger partial charge < -0.3 is 15.6 Å². The van der Waals surface area contributed by atoms with E-state index < -0.39 is 11.9 Å². The average Bonchev–Trinajstić information content (AvgIpc) is 3.22. The minimum Gasteiger partial charge on any atom is -0.368 e. The zero-order valence-electron chi connectivity index (χ0n) is 18.4.